The van der Waals surface area contributed by atoms with Crippen LogP contribution in [-0.4, -0.2) is 17.9 Å². The SMILES string of the molecule is C[C@]12CO[C@](C)(c3ccccc3)[C@H]1C(=O)Cc1ccccc1N2. The highest BCUT2D eigenvalue weighted by Gasteiger charge is 2.58. The van der Waals surface area contributed by atoms with E-state index in [9.17, 15) is 4.79 Å². The van der Waals surface area contributed by atoms with Gasteiger partial charge in [-0.3, -0.25) is 4.79 Å². The Hall–Kier alpha value is -2.13. The number of Topliss-reactive ketones (excluding diaryl/α,β-unsaturated/α-hetero) is 1. The van der Waals surface area contributed by atoms with Crippen molar-refractivity contribution in [2.24, 2.45) is 5.92 Å². The molecule has 2 aliphatic rings. The van der Waals surface area contributed by atoms with Crippen LogP contribution in [0.5, 0.6) is 0 Å². The number of ketones is 1. The number of ether oxygens (including phenoxy) is 1. The molecule has 1 N–H and O–H groups in total. The van der Waals surface area contributed by atoms with Crippen molar-refractivity contribution in [2.45, 2.75) is 31.4 Å². The Bertz CT molecular complexity index is 757. The van der Waals surface area contributed by atoms with Crippen molar-refractivity contribution in [3.05, 3.63) is 65.7 Å². The third kappa shape index (κ3) is 2.11. The first-order valence-electron chi connectivity index (χ1n) is 8.11. The molecular weight excluding hydrogens is 286 g/mol. The Kier molecular flexibility index (Phi) is 3.10. The van der Waals surface area contributed by atoms with Gasteiger partial charge < -0.3 is 10.1 Å². The quantitative estimate of drug-likeness (QED) is 0.875. The maximum Gasteiger partial charge on any atom is 0.146 e. The molecule has 118 valence electrons. The number of carbonyl (C=O) groups is 1. The molecule has 2 aromatic rings. The Morgan fingerprint density at radius 2 is 1.74 bits per heavy atom. The first-order valence-corrected chi connectivity index (χ1v) is 8.11. The van der Waals surface area contributed by atoms with Gasteiger partial charge >= 0.3 is 0 Å². The van der Waals surface area contributed by atoms with E-state index in [1.54, 1.807) is 0 Å². The summed E-state index contributed by atoms with van der Waals surface area (Å²) in [5.74, 6) is 0.0265. The maximum atomic E-state index is 13.1. The Morgan fingerprint density at radius 1 is 1.04 bits per heavy atom. The second-order valence-corrected chi connectivity index (χ2v) is 7.04. The molecule has 0 aliphatic carbocycles. The Balaban J connectivity index is 1.82. The second kappa shape index (κ2) is 4.93. The van der Waals surface area contributed by atoms with Gasteiger partial charge in [-0.1, -0.05) is 48.5 Å². The molecule has 0 bridgehead atoms. The fourth-order valence-electron chi connectivity index (χ4n) is 4.26. The van der Waals surface area contributed by atoms with Crippen LogP contribution in [0.2, 0.25) is 0 Å². The van der Waals surface area contributed by atoms with Crippen molar-refractivity contribution in [1.29, 1.82) is 0 Å². The van der Waals surface area contributed by atoms with E-state index >= 15 is 0 Å². The molecule has 0 radical (unpaired) electrons. The topological polar surface area (TPSA) is 38.3 Å². The zero-order chi connectivity index (χ0) is 16.1. The fourth-order valence-corrected chi connectivity index (χ4v) is 4.26. The molecule has 1 fully saturated rings. The van der Waals surface area contributed by atoms with Crippen LogP contribution in [0, 0.1) is 5.92 Å². The molecule has 3 atom stereocenters. The molecule has 0 saturated carbocycles. The highest BCUT2D eigenvalue weighted by Crippen LogP contribution is 2.49. The molecule has 2 aliphatic heterocycles. The molecule has 0 amide bonds. The lowest BCUT2D eigenvalue weighted by Crippen LogP contribution is -2.49. The summed E-state index contributed by atoms with van der Waals surface area (Å²) in [6.45, 7) is 4.67. The summed E-state index contributed by atoms with van der Waals surface area (Å²) >= 11 is 0. The van der Waals surface area contributed by atoms with Crippen molar-refractivity contribution in [2.75, 3.05) is 11.9 Å². The van der Waals surface area contributed by atoms with Crippen LogP contribution in [-0.2, 0) is 21.6 Å². The first kappa shape index (κ1) is 14.5. The lowest BCUT2D eigenvalue weighted by atomic mass is 9.72. The number of para-hydroxylation sites is 1. The van der Waals surface area contributed by atoms with Gasteiger partial charge in [0, 0.05) is 12.1 Å². The van der Waals surface area contributed by atoms with Crippen LogP contribution < -0.4 is 5.32 Å². The average Bonchev–Trinajstić information content (AvgIpc) is 2.76. The zero-order valence-corrected chi connectivity index (χ0v) is 13.5. The number of hydrogen-bond donors (Lipinski definition) is 1. The predicted molar refractivity (Wildman–Crippen MR) is 90.4 cm³/mol. The number of fused-ring (bicyclic) bond motifs is 2. The molecule has 4 rings (SSSR count). The van der Waals surface area contributed by atoms with Gasteiger partial charge in [0.15, 0.2) is 0 Å². The molecule has 0 unspecified atom stereocenters. The van der Waals surface area contributed by atoms with Crippen molar-refractivity contribution in [3.8, 4) is 0 Å². The van der Waals surface area contributed by atoms with Crippen molar-refractivity contribution >= 4 is 11.5 Å². The lowest BCUT2D eigenvalue weighted by molar-refractivity contribution is -0.128. The summed E-state index contributed by atoms with van der Waals surface area (Å²) in [5.41, 5.74) is 2.20. The van der Waals surface area contributed by atoms with Gasteiger partial charge in [-0.15, -0.1) is 0 Å². The smallest absolute Gasteiger partial charge is 0.146 e. The van der Waals surface area contributed by atoms with Crippen LogP contribution in [0.4, 0.5) is 5.69 Å². The largest absolute Gasteiger partial charge is 0.376 e. The van der Waals surface area contributed by atoms with Crippen molar-refractivity contribution in [3.63, 3.8) is 0 Å². The van der Waals surface area contributed by atoms with Crippen LogP contribution in [0.1, 0.15) is 25.0 Å². The predicted octanol–water partition coefficient (Wildman–Crippen LogP) is 3.54. The molecule has 0 spiro atoms. The summed E-state index contributed by atoms with van der Waals surface area (Å²) in [7, 11) is 0. The number of anilines is 1. The highest BCUT2D eigenvalue weighted by atomic mass is 16.5. The van der Waals surface area contributed by atoms with Crippen LogP contribution in [0.15, 0.2) is 54.6 Å². The van der Waals surface area contributed by atoms with Gasteiger partial charge in [0.1, 0.15) is 11.4 Å². The molecule has 3 nitrogen and oxygen atoms in total. The second-order valence-electron chi connectivity index (χ2n) is 7.04. The number of rotatable bonds is 1. The highest BCUT2D eigenvalue weighted by molar-refractivity contribution is 5.89. The number of nitrogens with one attached hydrogen (secondary N) is 1. The molecule has 3 heteroatoms. The number of hydrogen-bond acceptors (Lipinski definition) is 3. The molecular formula is C20H21NO2. The van der Waals surface area contributed by atoms with Gasteiger partial charge in [-0.25, -0.2) is 0 Å². The van der Waals surface area contributed by atoms with Gasteiger partial charge in [0.2, 0.25) is 0 Å². The van der Waals surface area contributed by atoms with Gasteiger partial charge in [-0.2, -0.15) is 0 Å². The molecule has 2 heterocycles. The van der Waals surface area contributed by atoms with Crippen LogP contribution in [0.3, 0.4) is 0 Å². The number of carbonyl (C=O) groups excluding carboxylic acids is 1. The minimum absolute atomic E-state index is 0.218. The van der Waals surface area contributed by atoms with Gasteiger partial charge in [-0.05, 0) is 31.0 Å². The van der Waals surface area contributed by atoms with Crippen LogP contribution in [0.25, 0.3) is 0 Å². The molecule has 2 aromatic carbocycles. The molecule has 0 aromatic heterocycles. The summed E-state index contributed by atoms with van der Waals surface area (Å²) in [6.07, 6.45) is 0.454. The maximum absolute atomic E-state index is 13.1. The summed E-state index contributed by atoms with van der Waals surface area (Å²) in [5, 5.41) is 3.61. The third-order valence-corrected chi connectivity index (χ3v) is 5.33. The van der Waals surface area contributed by atoms with E-state index in [-0.39, 0.29) is 11.7 Å². The lowest BCUT2D eigenvalue weighted by Gasteiger charge is -2.36. The van der Waals surface area contributed by atoms with E-state index in [4.69, 9.17) is 4.74 Å². The first-order chi connectivity index (χ1) is 11.0. The Morgan fingerprint density at radius 3 is 2.52 bits per heavy atom. The van der Waals surface area contributed by atoms with Gasteiger partial charge in [0.05, 0.1) is 18.1 Å². The van der Waals surface area contributed by atoms with E-state index in [1.165, 1.54) is 0 Å². The summed E-state index contributed by atoms with van der Waals surface area (Å²) < 4.78 is 6.23. The molecule has 1 saturated heterocycles. The molecule has 23 heavy (non-hydrogen) atoms. The van der Waals surface area contributed by atoms with Gasteiger partial charge in [0.25, 0.3) is 0 Å². The standard InChI is InChI=1S/C20H21NO2/c1-19-13-23-20(2,15-9-4-3-5-10-15)18(19)17(22)12-14-8-6-7-11-16(14)21-19/h3-11,18,21H,12-13H2,1-2H3/t18-,19-,20+/m0/s1. The van der Waals surface area contributed by atoms with E-state index < -0.39 is 11.1 Å². The summed E-state index contributed by atoms with van der Waals surface area (Å²) in [6, 6.07) is 18.2. The normalized spacial score (nSPS) is 32.6. The minimum Gasteiger partial charge on any atom is -0.376 e. The van der Waals surface area contributed by atoms with Crippen molar-refractivity contribution < 1.29 is 9.53 Å². The van der Waals surface area contributed by atoms with E-state index in [1.807, 2.05) is 43.3 Å². The minimum atomic E-state index is -0.595. The average molecular weight is 307 g/mol. The zero-order valence-electron chi connectivity index (χ0n) is 13.5. The summed E-state index contributed by atoms with van der Waals surface area (Å²) in [4.78, 5) is 13.1. The van der Waals surface area contributed by atoms with E-state index in [0.29, 0.717) is 13.0 Å². The van der Waals surface area contributed by atoms with E-state index in [0.717, 1.165) is 16.8 Å². The van der Waals surface area contributed by atoms with Crippen LogP contribution >= 0.6 is 0 Å². The Labute approximate surface area is 136 Å². The fraction of sp³-hybridized carbons (Fsp3) is 0.350. The van der Waals surface area contributed by atoms with E-state index in [2.05, 4.69) is 30.4 Å². The van der Waals surface area contributed by atoms with Crippen molar-refractivity contribution in [1.82, 2.24) is 0 Å². The number of benzene rings is 2. The third-order valence-electron chi connectivity index (χ3n) is 5.33. The monoisotopic (exact) mass is 307 g/mol.